The van der Waals surface area contributed by atoms with Crippen LogP contribution in [-0.4, -0.2) is 23.9 Å². The molecule has 1 atom stereocenters. The van der Waals surface area contributed by atoms with Gasteiger partial charge in [0.05, 0.1) is 12.6 Å². The van der Waals surface area contributed by atoms with Crippen molar-refractivity contribution in [1.29, 1.82) is 0 Å². The highest BCUT2D eigenvalue weighted by molar-refractivity contribution is 9.10. The first-order valence-electron chi connectivity index (χ1n) is 7.68. The fraction of sp³-hybridized carbons (Fsp3) is 0.278. The lowest BCUT2D eigenvalue weighted by molar-refractivity contribution is -0.117. The van der Waals surface area contributed by atoms with Crippen LogP contribution in [-0.2, 0) is 4.79 Å². The Morgan fingerprint density at radius 2 is 2.04 bits per heavy atom. The van der Waals surface area contributed by atoms with Crippen molar-refractivity contribution in [2.24, 2.45) is 0 Å². The highest BCUT2D eigenvalue weighted by atomic mass is 79.9. The maximum atomic E-state index is 14.5. The molecule has 0 saturated heterocycles. The van der Waals surface area contributed by atoms with E-state index in [9.17, 15) is 9.18 Å². The molecule has 1 aliphatic rings. The second-order valence-electron chi connectivity index (χ2n) is 5.67. The molecule has 3 rings (SSSR count). The van der Waals surface area contributed by atoms with Crippen molar-refractivity contribution in [2.75, 3.05) is 18.4 Å². The smallest absolute Gasteiger partial charge is 0.238 e. The predicted octanol–water partition coefficient (Wildman–Crippen LogP) is 4.34. The van der Waals surface area contributed by atoms with Gasteiger partial charge in [0.1, 0.15) is 5.82 Å². The molecule has 120 valence electrons. The summed E-state index contributed by atoms with van der Waals surface area (Å²) in [5, 5.41) is 2.93. The Bertz CT molecular complexity index is 735. The van der Waals surface area contributed by atoms with E-state index in [0.29, 0.717) is 5.56 Å². The van der Waals surface area contributed by atoms with Crippen molar-refractivity contribution in [3.05, 3.63) is 63.9 Å². The number of nitrogens with zero attached hydrogens (tertiary/aromatic N) is 1. The van der Waals surface area contributed by atoms with E-state index in [0.717, 1.165) is 28.7 Å². The average Bonchev–Trinajstić information content (AvgIpc) is 2.64. The van der Waals surface area contributed by atoms with Crippen LogP contribution in [0, 0.1) is 5.82 Å². The molecule has 0 fully saturated rings. The van der Waals surface area contributed by atoms with Gasteiger partial charge in [-0.3, -0.25) is 9.69 Å². The third-order valence-electron chi connectivity index (χ3n) is 4.00. The number of fused-ring (bicyclic) bond motifs is 1. The molecular weight excluding hydrogens is 359 g/mol. The maximum absolute atomic E-state index is 14.5. The van der Waals surface area contributed by atoms with E-state index < -0.39 is 0 Å². The minimum absolute atomic E-state index is 0.0686. The molecule has 0 saturated carbocycles. The van der Waals surface area contributed by atoms with Gasteiger partial charge in [-0.05, 0) is 42.8 Å². The molecule has 0 aromatic heterocycles. The quantitative estimate of drug-likeness (QED) is 0.863. The van der Waals surface area contributed by atoms with Crippen LogP contribution in [0.3, 0.4) is 0 Å². The summed E-state index contributed by atoms with van der Waals surface area (Å²) in [6, 6.07) is 12.2. The molecule has 1 aliphatic heterocycles. The fourth-order valence-electron chi connectivity index (χ4n) is 3.09. The minimum Gasteiger partial charge on any atom is -0.325 e. The van der Waals surface area contributed by atoms with Crippen molar-refractivity contribution in [1.82, 2.24) is 4.90 Å². The number of benzene rings is 2. The van der Waals surface area contributed by atoms with Gasteiger partial charge in [-0.2, -0.15) is 0 Å². The van der Waals surface area contributed by atoms with Gasteiger partial charge in [0.2, 0.25) is 5.91 Å². The molecule has 0 aliphatic carbocycles. The molecule has 23 heavy (non-hydrogen) atoms. The molecule has 2 aromatic rings. The third-order valence-corrected chi connectivity index (χ3v) is 4.50. The summed E-state index contributed by atoms with van der Waals surface area (Å²) in [5.74, 6) is -0.320. The van der Waals surface area contributed by atoms with Crippen LogP contribution < -0.4 is 5.32 Å². The van der Waals surface area contributed by atoms with Crippen LogP contribution in [0.1, 0.15) is 30.5 Å². The van der Waals surface area contributed by atoms with E-state index >= 15 is 0 Å². The van der Waals surface area contributed by atoms with Gasteiger partial charge >= 0.3 is 0 Å². The summed E-state index contributed by atoms with van der Waals surface area (Å²) in [7, 11) is 0. The zero-order valence-corrected chi connectivity index (χ0v) is 14.4. The summed E-state index contributed by atoms with van der Waals surface area (Å²) in [4.78, 5) is 14.3. The first-order chi connectivity index (χ1) is 11.1. The number of amides is 1. The van der Waals surface area contributed by atoms with Gasteiger partial charge in [0.15, 0.2) is 0 Å². The Morgan fingerprint density at radius 3 is 2.78 bits per heavy atom. The number of carbonyl (C=O) groups excluding carboxylic acids is 1. The van der Waals surface area contributed by atoms with Gasteiger partial charge in [0.25, 0.3) is 0 Å². The lowest BCUT2D eigenvalue weighted by Gasteiger charge is -2.30. The summed E-state index contributed by atoms with van der Waals surface area (Å²) >= 11 is 3.48. The van der Waals surface area contributed by atoms with Crippen molar-refractivity contribution in [3.63, 3.8) is 0 Å². The van der Waals surface area contributed by atoms with E-state index in [-0.39, 0.29) is 24.3 Å². The van der Waals surface area contributed by atoms with E-state index in [1.807, 2.05) is 29.2 Å². The van der Waals surface area contributed by atoms with E-state index in [4.69, 9.17) is 0 Å². The monoisotopic (exact) mass is 376 g/mol. The van der Waals surface area contributed by atoms with Gasteiger partial charge in [-0.25, -0.2) is 4.39 Å². The highest BCUT2D eigenvalue weighted by Gasteiger charge is 2.31. The normalized spacial score (nSPS) is 18.2. The van der Waals surface area contributed by atoms with Crippen molar-refractivity contribution < 1.29 is 9.18 Å². The summed E-state index contributed by atoms with van der Waals surface area (Å²) in [5.41, 5.74) is 2.24. The van der Waals surface area contributed by atoms with Crippen LogP contribution in [0.25, 0.3) is 0 Å². The maximum Gasteiger partial charge on any atom is 0.238 e. The number of carbonyl (C=O) groups is 1. The Hall–Kier alpha value is -1.72. The van der Waals surface area contributed by atoms with E-state index in [1.54, 1.807) is 12.1 Å². The Kier molecular flexibility index (Phi) is 4.78. The molecule has 1 N–H and O–H groups in total. The zero-order chi connectivity index (χ0) is 16.4. The van der Waals surface area contributed by atoms with Gasteiger partial charge in [0, 0.05) is 15.7 Å². The fourth-order valence-corrected chi connectivity index (χ4v) is 3.47. The van der Waals surface area contributed by atoms with Crippen LogP contribution in [0.4, 0.5) is 10.1 Å². The number of rotatable bonds is 3. The molecule has 2 aromatic carbocycles. The van der Waals surface area contributed by atoms with Crippen molar-refractivity contribution in [3.8, 4) is 0 Å². The number of anilines is 1. The van der Waals surface area contributed by atoms with Gasteiger partial charge in [-0.15, -0.1) is 0 Å². The first-order valence-corrected chi connectivity index (χ1v) is 8.47. The second kappa shape index (κ2) is 6.81. The van der Waals surface area contributed by atoms with Crippen molar-refractivity contribution in [2.45, 2.75) is 19.4 Å². The molecule has 3 nitrogen and oxygen atoms in total. The average molecular weight is 377 g/mol. The Balaban J connectivity index is 2.20. The Labute approximate surface area is 143 Å². The standard InChI is InChI=1S/C18H18BrFN2O/c1-2-9-22-11-17(23)21-16-8-7-12(19)10-14(16)18(22)13-5-3-4-6-15(13)20/h3-8,10,18H,2,9,11H2,1H3,(H,21,23). The topological polar surface area (TPSA) is 32.3 Å². The first kappa shape index (κ1) is 16.1. The van der Waals surface area contributed by atoms with Gasteiger partial charge in [-0.1, -0.05) is 41.1 Å². The second-order valence-corrected chi connectivity index (χ2v) is 6.59. The molecule has 1 heterocycles. The third kappa shape index (κ3) is 3.31. The zero-order valence-electron chi connectivity index (χ0n) is 12.9. The van der Waals surface area contributed by atoms with Crippen LogP contribution in [0.5, 0.6) is 0 Å². The number of halogens is 2. The lowest BCUT2D eigenvalue weighted by atomic mass is 9.95. The molecule has 1 unspecified atom stereocenters. The number of hydrogen-bond acceptors (Lipinski definition) is 2. The van der Waals surface area contributed by atoms with E-state index in [1.165, 1.54) is 6.07 Å². The van der Waals surface area contributed by atoms with Crippen LogP contribution >= 0.6 is 15.9 Å². The number of nitrogens with one attached hydrogen (secondary N) is 1. The lowest BCUT2D eigenvalue weighted by Crippen LogP contribution is -2.34. The number of hydrogen-bond donors (Lipinski definition) is 1. The minimum atomic E-state index is -0.289. The summed E-state index contributed by atoms with van der Waals surface area (Å²) in [6.07, 6.45) is 0.890. The largest absolute Gasteiger partial charge is 0.325 e. The van der Waals surface area contributed by atoms with Crippen LogP contribution in [0.2, 0.25) is 0 Å². The predicted molar refractivity (Wildman–Crippen MR) is 92.9 cm³/mol. The van der Waals surface area contributed by atoms with E-state index in [2.05, 4.69) is 28.2 Å². The summed E-state index contributed by atoms with van der Waals surface area (Å²) < 4.78 is 15.4. The SMILES string of the molecule is CCCN1CC(=O)Nc2ccc(Br)cc2C1c1ccccc1F. The summed E-state index contributed by atoms with van der Waals surface area (Å²) in [6.45, 7) is 3.03. The molecular formula is C18H18BrFN2O. The molecule has 0 radical (unpaired) electrons. The Morgan fingerprint density at radius 1 is 1.26 bits per heavy atom. The van der Waals surface area contributed by atoms with Gasteiger partial charge < -0.3 is 5.32 Å². The van der Waals surface area contributed by atoms with Crippen molar-refractivity contribution >= 4 is 27.5 Å². The molecule has 0 spiro atoms. The van der Waals surface area contributed by atoms with Crippen LogP contribution in [0.15, 0.2) is 46.9 Å². The highest BCUT2D eigenvalue weighted by Crippen LogP contribution is 2.38. The molecule has 1 amide bonds. The molecule has 0 bridgehead atoms. The molecule has 5 heteroatoms.